The van der Waals surface area contributed by atoms with Crippen molar-refractivity contribution in [3.8, 4) is 5.75 Å². The van der Waals surface area contributed by atoms with E-state index in [1.54, 1.807) is 0 Å². The highest BCUT2D eigenvalue weighted by Gasteiger charge is 2.45. The van der Waals surface area contributed by atoms with Crippen LogP contribution in [0.3, 0.4) is 0 Å². The normalized spacial score (nSPS) is 31.0. The minimum Gasteiger partial charge on any atom is -0.487 e. The third-order valence-corrected chi connectivity index (χ3v) is 8.04. The van der Waals surface area contributed by atoms with Crippen molar-refractivity contribution >= 4 is 9.84 Å². The van der Waals surface area contributed by atoms with Gasteiger partial charge in [-0.25, -0.2) is 8.42 Å². The second-order valence-corrected chi connectivity index (χ2v) is 9.73. The zero-order chi connectivity index (χ0) is 15.9. The molecule has 1 aromatic rings. The summed E-state index contributed by atoms with van der Waals surface area (Å²) in [5.41, 5.74) is 1.16. The molecule has 2 atom stereocenters. The van der Waals surface area contributed by atoms with Crippen LogP contribution in [0, 0.1) is 0 Å². The molecule has 0 radical (unpaired) electrons. The summed E-state index contributed by atoms with van der Waals surface area (Å²) in [5, 5.41) is 3.35. The number of nitrogens with one attached hydrogen (secondary N) is 1. The van der Waals surface area contributed by atoms with E-state index in [9.17, 15) is 8.42 Å². The molecule has 0 amide bonds. The van der Waals surface area contributed by atoms with Crippen LogP contribution in [0.25, 0.3) is 0 Å². The van der Waals surface area contributed by atoms with Crippen molar-refractivity contribution in [1.82, 2.24) is 5.32 Å². The Labute approximate surface area is 138 Å². The van der Waals surface area contributed by atoms with Gasteiger partial charge in [0.2, 0.25) is 0 Å². The van der Waals surface area contributed by atoms with E-state index >= 15 is 0 Å². The second-order valence-electron chi connectivity index (χ2n) is 7.33. The van der Waals surface area contributed by atoms with Crippen molar-refractivity contribution in [2.45, 2.75) is 61.8 Å². The SMILES string of the molecule is O=S1(=O)CCCCC1CNC1CC2(CCC2)Oc2ccccc21. The molecule has 5 heteroatoms. The summed E-state index contributed by atoms with van der Waals surface area (Å²) in [4.78, 5) is 0. The van der Waals surface area contributed by atoms with Gasteiger partial charge < -0.3 is 10.1 Å². The molecule has 3 aliphatic rings. The highest BCUT2D eigenvalue weighted by atomic mass is 32.2. The summed E-state index contributed by atoms with van der Waals surface area (Å²) in [5.74, 6) is 1.33. The topological polar surface area (TPSA) is 55.4 Å². The molecule has 1 saturated carbocycles. The maximum Gasteiger partial charge on any atom is 0.154 e. The fourth-order valence-corrected chi connectivity index (χ4v) is 6.02. The third kappa shape index (κ3) is 2.89. The Bertz CT molecular complexity index is 681. The summed E-state index contributed by atoms with van der Waals surface area (Å²) < 4.78 is 30.7. The lowest BCUT2D eigenvalue weighted by molar-refractivity contribution is -0.0368. The number of rotatable bonds is 3. The molecule has 2 unspecified atom stereocenters. The van der Waals surface area contributed by atoms with Gasteiger partial charge in [0.05, 0.1) is 11.0 Å². The van der Waals surface area contributed by atoms with Crippen molar-refractivity contribution < 1.29 is 13.2 Å². The molecule has 1 aromatic carbocycles. The maximum atomic E-state index is 12.2. The zero-order valence-corrected chi connectivity index (χ0v) is 14.3. The van der Waals surface area contributed by atoms with Crippen LogP contribution in [0.1, 0.15) is 56.6 Å². The Morgan fingerprint density at radius 2 is 2.00 bits per heavy atom. The first-order valence-electron chi connectivity index (χ1n) is 8.81. The van der Waals surface area contributed by atoms with E-state index in [0.717, 1.165) is 44.3 Å². The van der Waals surface area contributed by atoms with Gasteiger partial charge in [0.25, 0.3) is 0 Å². The summed E-state index contributed by atoms with van der Waals surface area (Å²) in [6.07, 6.45) is 7.05. The van der Waals surface area contributed by atoms with Gasteiger partial charge in [0, 0.05) is 24.6 Å². The Morgan fingerprint density at radius 3 is 2.74 bits per heavy atom. The molecular weight excluding hydrogens is 310 g/mol. The van der Waals surface area contributed by atoms with E-state index < -0.39 is 9.84 Å². The molecule has 1 spiro atoms. The lowest BCUT2D eigenvalue weighted by atomic mass is 9.73. The molecule has 2 aliphatic heterocycles. The predicted molar refractivity (Wildman–Crippen MR) is 90.4 cm³/mol. The minimum absolute atomic E-state index is 0.0164. The van der Waals surface area contributed by atoms with E-state index in [1.165, 1.54) is 12.0 Å². The van der Waals surface area contributed by atoms with Crippen LogP contribution in [-0.2, 0) is 9.84 Å². The third-order valence-electron chi connectivity index (χ3n) is 5.77. The van der Waals surface area contributed by atoms with E-state index in [4.69, 9.17) is 4.74 Å². The molecule has 23 heavy (non-hydrogen) atoms. The Balaban J connectivity index is 1.51. The van der Waals surface area contributed by atoms with Gasteiger partial charge in [0.15, 0.2) is 9.84 Å². The first-order valence-corrected chi connectivity index (χ1v) is 10.5. The Hall–Kier alpha value is -1.07. The number of hydrogen-bond donors (Lipinski definition) is 1. The lowest BCUT2D eigenvalue weighted by Gasteiger charge is -2.48. The number of sulfone groups is 1. The summed E-state index contributed by atoms with van der Waals surface area (Å²) in [6, 6.07) is 8.40. The maximum absolute atomic E-state index is 12.2. The van der Waals surface area contributed by atoms with Gasteiger partial charge in [0.1, 0.15) is 11.4 Å². The first kappa shape index (κ1) is 15.5. The number of ether oxygens (including phenoxy) is 1. The summed E-state index contributed by atoms with van der Waals surface area (Å²) in [7, 11) is -2.92. The Morgan fingerprint density at radius 1 is 1.17 bits per heavy atom. The van der Waals surface area contributed by atoms with Crippen LogP contribution in [0.15, 0.2) is 24.3 Å². The van der Waals surface area contributed by atoms with E-state index in [1.807, 2.05) is 18.2 Å². The van der Waals surface area contributed by atoms with Crippen molar-refractivity contribution in [3.05, 3.63) is 29.8 Å². The van der Waals surface area contributed by atoms with Gasteiger partial charge in [-0.3, -0.25) is 0 Å². The number of para-hydroxylation sites is 1. The quantitative estimate of drug-likeness (QED) is 0.922. The van der Waals surface area contributed by atoms with Crippen LogP contribution in [0.5, 0.6) is 5.75 Å². The largest absolute Gasteiger partial charge is 0.487 e. The second kappa shape index (κ2) is 5.78. The van der Waals surface area contributed by atoms with Gasteiger partial charge in [-0.05, 0) is 38.2 Å². The highest BCUT2D eigenvalue weighted by molar-refractivity contribution is 7.92. The fraction of sp³-hybridized carbons (Fsp3) is 0.667. The molecule has 1 saturated heterocycles. The van der Waals surface area contributed by atoms with E-state index in [-0.39, 0.29) is 16.9 Å². The van der Waals surface area contributed by atoms with Gasteiger partial charge in [-0.1, -0.05) is 24.6 Å². The van der Waals surface area contributed by atoms with Crippen LogP contribution in [0.4, 0.5) is 0 Å². The van der Waals surface area contributed by atoms with Crippen molar-refractivity contribution in [2.75, 3.05) is 12.3 Å². The summed E-state index contributed by atoms with van der Waals surface area (Å²) >= 11 is 0. The molecule has 1 aliphatic carbocycles. The predicted octanol–water partition coefficient (Wildman–Crippen LogP) is 2.99. The smallest absolute Gasteiger partial charge is 0.154 e. The van der Waals surface area contributed by atoms with Gasteiger partial charge in [-0.2, -0.15) is 0 Å². The van der Waals surface area contributed by atoms with Crippen molar-refractivity contribution in [2.24, 2.45) is 0 Å². The van der Waals surface area contributed by atoms with Crippen LogP contribution >= 0.6 is 0 Å². The fourth-order valence-electron chi connectivity index (χ4n) is 4.20. The van der Waals surface area contributed by atoms with Gasteiger partial charge >= 0.3 is 0 Å². The zero-order valence-electron chi connectivity index (χ0n) is 13.5. The van der Waals surface area contributed by atoms with Crippen LogP contribution in [0.2, 0.25) is 0 Å². The average molecular weight is 335 g/mol. The number of fused-ring (bicyclic) bond motifs is 1. The van der Waals surface area contributed by atoms with Crippen LogP contribution in [-0.4, -0.2) is 31.6 Å². The van der Waals surface area contributed by atoms with Crippen LogP contribution < -0.4 is 10.1 Å². The van der Waals surface area contributed by atoms with Crippen molar-refractivity contribution in [1.29, 1.82) is 0 Å². The van der Waals surface area contributed by atoms with E-state index in [2.05, 4.69) is 11.4 Å². The first-order chi connectivity index (χ1) is 11.1. The molecule has 1 N–H and O–H groups in total. The molecule has 4 rings (SSSR count). The van der Waals surface area contributed by atoms with Crippen molar-refractivity contribution in [3.63, 3.8) is 0 Å². The molecule has 0 bridgehead atoms. The molecule has 4 nitrogen and oxygen atoms in total. The molecule has 126 valence electrons. The number of benzene rings is 1. The Kier molecular flexibility index (Phi) is 3.88. The minimum atomic E-state index is -2.92. The lowest BCUT2D eigenvalue weighted by Crippen LogP contribution is -2.50. The standard InChI is InChI=1S/C18H25NO3S/c20-23(21)11-4-3-6-14(23)13-19-16-12-18(9-5-10-18)22-17-8-2-1-7-15(16)17/h1-2,7-8,14,16,19H,3-6,9-13H2. The van der Waals surface area contributed by atoms with E-state index in [0.29, 0.717) is 12.3 Å². The summed E-state index contributed by atoms with van der Waals surface area (Å²) in [6.45, 7) is 0.567. The molecule has 2 fully saturated rings. The highest BCUT2D eigenvalue weighted by Crippen LogP contribution is 2.48. The number of hydrogen-bond acceptors (Lipinski definition) is 4. The average Bonchev–Trinajstić information content (AvgIpc) is 2.51. The molecular formula is C18H25NO3S. The van der Waals surface area contributed by atoms with Gasteiger partial charge in [-0.15, -0.1) is 0 Å². The monoisotopic (exact) mass is 335 g/mol. The molecule has 2 heterocycles. The molecule has 0 aromatic heterocycles.